The summed E-state index contributed by atoms with van der Waals surface area (Å²) in [7, 11) is 0. The Morgan fingerprint density at radius 1 is 0.371 bits per heavy atom. The Morgan fingerprint density at radius 2 is 0.919 bits per heavy atom. The van der Waals surface area contributed by atoms with E-state index in [-0.39, 0.29) is 5.41 Å². The lowest BCUT2D eigenvalue weighted by Gasteiger charge is -2.31. The average Bonchev–Trinajstić information content (AvgIpc) is 3.78. The highest BCUT2D eigenvalue weighted by atomic mass is 15.2. The molecule has 0 bridgehead atoms. The maximum absolute atomic E-state index is 2.50. The Morgan fingerprint density at radius 3 is 1.58 bits per heavy atom. The summed E-state index contributed by atoms with van der Waals surface area (Å²) in [4.78, 5) is 4.89. The molecule has 0 N–H and O–H groups in total. The molecule has 0 unspecified atom stereocenters. The van der Waals surface area contributed by atoms with Crippen molar-refractivity contribution in [2.45, 2.75) is 19.3 Å². The van der Waals surface area contributed by atoms with Gasteiger partial charge in [-0.2, -0.15) is 0 Å². The second kappa shape index (κ2) is 14.1. The van der Waals surface area contributed by atoms with Crippen LogP contribution in [-0.2, 0) is 5.41 Å². The molecule has 1 aliphatic carbocycles. The third-order valence-electron chi connectivity index (χ3n) is 13.1. The molecule has 0 radical (unpaired) electrons. The third-order valence-corrected chi connectivity index (χ3v) is 13.1. The zero-order valence-electron chi connectivity index (χ0n) is 34.7. The molecule has 0 saturated carbocycles. The highest BCUT2D eigenvalue weighted by molar-refractivity contribution is 6.23. The summed E-state index contributed by atoms with van der Waals surface area (Å²) in [6.45, 7) is 4.77. The van der Waals surface area contributed by atoms with Crippen LogP contribution in [0.25, 0.3) is 60.2 Å². The van der Waals surface area contributed by atoms with Gasteiger partial charge in [0.25, 0.3) is 0 Å². The molecule has 1 aliphatic rings. The molecule has 12 rings (SSSR count). The van der Waals surface area contributed by atoms with Gasteiger partial charge in [0, 0.05) is 50.0 Å². The SMILES string of the molecule is CC1(C)c2cc(N(c3ccccc3)c3cc(N(c4ccccc4)c4ccccc4)cc4c3c3ccc5ccccc5c3n4-c3ccccc3)ccc2-c2cc3ccccc3cc21. The fraction of sp³-hybridized carbons (Fsp3) is 0.0508. The molecule has 3 nitrogen and oxygen atoms in total. The van der Waals surface area contributed by atoms with Crippen molar-refractivity contribution in [1.29, 1.82) is 0 Å². The first-order valence-corrected chi connectivity index (χ1v) is 21.5. The highest BCUT2D eigenvalue weighted by Gasteiger charge is 2.37. The van der Waals surface area contributed by atoms with Gasteiger partial charge in [-0.1, -0.05) is 153 Å². The highest BCUT2D eigenvalue weighted by Crippen LogP contribution is 2.54. The smallest absolute Gasteiger partial charge is 0.0620 e. The number of aromatic nitrogens is 1. The van der Waals surface area contributed by atoms with Crippen molar-refractivity contribution in [2.24, 2.45) is 0 Å². The van der Waals surface area contributed by atoms with Crippen LogP contribution >= 0.6 is 0 Å². The first kappa shape index (κ1) is 36.0. The molecule has 0 saturated heterocycles. The lowest BCUT2D eigenvalue weighted by molar-refractivity contribution is 0.661. The van der Waals surface area contributed by atoms with Crippen LogP contribution in [0.5, 0.6) is 0 Å². The Bertz CT molecular complexity index is 3440. The van der Waals surface area contributed by atoms with Gasteiger partial charge in [-0.3, -0.25) is 0 Å². The van der Waals surface area contributed by atoms with Crippen LogP contribution in [0.3, 0.4) is 0 Å². The van der Waals surface area contributed by atoms with Crippen LogP contribution < -0.4 is 9.80 Å². The van der Waals surface area contributed by atoms with Crippen molar-refractivity contribution in [3.8, 4) is 16.8 Å². The summed E-state index contributed by atoms with van der Waals surface area (Å²) in [5, 5.41) is 7.38. The molecule has 0 fully saturated rings. The van der Waals surface area contributed by atoms with Crippen molar-refractivity contribution in [3.63, 3.8) is 0 Å². The van der Waals surface area contributed by atoms with Gasteiger partial charge in [0.05, 0.1) is 22.4 Å². The Balaban J connectivity index is 1.21. The van der Waals surface area contributed by atoms with Gasteiger partial charge in [-0.25, -0.2) is 0 Å². The number of benzene rings is 10. The molecule has 294 valence electrons. The Kier molecular flexibility index (Phi) is 8.20. The summed E-state index contributed by atoms with van der Waals surface area (Å²) in [5.41, 5.74) is 15.1. The minimum Gasteiger partial charge on any atom is -0.310 e. The van der Waals surface area contributed by atoms with Crippen molar-refractivity contribution in [2.75, 3.05) is 9.80 Å². The molecule has 0 amide bonds. The van der Waals surface area contributed by atoms with E-state index < -0.39 is 0 Å². The molecule has 10 aromatic carbocycles. The van der Waals surface area contributed by atoms with Crippen molar-refractivity contribution in [1.82, 2.24) is 4.57 Å². The Labute approximate surface area is 362 Å². The summed E-state index contributed by atoms with van der Waals surface area (Å²) in [6, 6.07) is 82.2. The molecule has 3 heteroatoms. The van der Waals surface area contributed by atoms with E-state index in [1.807, 2.05) is 0 Å². The first-order chi connectivity index (χ1) is 30.5. The zero-order valence-corrected chi connectivity index (χ0v) is 34.7. The molecular weight excluding hydrogens is 751 g/mol. The standard InChI is InChI=1S/C59H43N3/c1-59(2)53-36-42-21-16-15-20-41(42)35-52(53)50-34-32-47(37-54(50)59)61(45-26-11-5-12-27-45)55-38-48(60(43-22-7-3-8-23-43)44-24-9-4-10-25-44)39-56-57(55)51-33-31-40-19-17-18-30-49(40)58(51)62(56)46-28-13-6-14-29-46/h3-39H,1-2H3. The molecule has 0 spiro atoms. The number of para-hydroxylation sites is 4. The van der Waals surface area contributed by atoms with Crippen LogP contribution in [0.2, 0.25) is 0 Å². The van der Waals surface area contributed by atoms with E-state index in [4.69, 9.17) is 0 Å². The number of rotatable bonds is 7. The van der Waals surface area contributed by atoms with E-state index in [0.29, 0.717) is 0 Å². The van der Waals surface area contributed by atoms with Crippen molar-refractivity contribution in [3.05, 3.63) is 236 Å². The Hall–Kier alpha value is -7.88. The second-order valence-corrected chi connectivity index (χ2v) is 17.0. The number of anilines is 6. The van der Waals surface area contributed by atoms with Crippen LogP contribution in [0.15, 0.2) is 224 Å². The third kappa shape index (κ3) is 5.59. The molecule has 1 aromatic heterocycles. The first-order valence-electron chi connectivity index (χ1n) is 21.5. The van der Waals surface area contributed by atoms with Gasteiger partial charge in [-0.05, 0) is 123 Å². The van der Waals surface area contributed by atoms with E-state index >= 15 is 0 Å². The van der Waals surface area contributed by atoms with Gasteiger partial charge in [-0.15, -0.1) is 0 Å². The van der Waals surface area contributed by atoms with E-state index in [0.717, 1.165) is 45.3 Å². The molecule has 62 heavy (non-hydrogen) atoms. The minimum atomic E-state index is -0.204. The lowest BCUT2D eigenvalue weighted by Crippen LogP contribution is -2.17. The van der Waals surface area contributed by atoms with Gasteiger partial charge in [0.1, 0.15) is 0 Å². The quantitative estimate of drug-likeness (QED) is 0.159. The average molecular weight is 794 g/mol. The maximum atomic E-state index is 2.50. The van der Waals surface area contributed by atoms with Crippen LogP contribution in [0.1, 0.15) is 25.0 Å². The molecule has 0 atom stereocenters. The van der Waals surface area contributed by atoms with Gasteiger partial charge in [0.2, 0.25) is 0 Å². The predicted molar refractivity (Wildman–Crippen MR) is 263 cm³/mol. The maximum Gasteiger partial charge on any atom is 0.0620 e. The fourth-order valence-corrected chi connectivity index (χ4v) is 10.2. The number of hydrogen-bond donors (Lipinski definition) is 0. The van der Waals surface area contributed by atoms with Crippen LogP contribution in [0, 0.1) is 0 Å². The van der Waals surface area contributed by atoms with Gasteiger partial charge < -0.3 is 14.4 Å². The van der Waals surface area contributed by atoms with E-state index in [1.165, 1.54) is 60.1 Å². The molecule has 0 aliphatic heterocycles. The molecule has 11 aromatic rings. The number of fused-ring (bicyclic) bond motifs is 9. The second-order valence-electron chi connectivity index (χ2n) is 17.0. The predicted octanol–water partition coefficient (Wildman–Crippen LogP) is 16.3. The monoisotopic (exact) mass is 793 g/mol. The summed E-state index contributed by atoms with van der Waals surface area (Å²) < 4.78 is 2.49. The normalized spacial score (nSPS) is 12.8. The summed E-state index contributed by atoms with van der Waals surface area (Å²) >= 11 is 0. The molecular formula is C59H43N3. The zero-order chi connectivity index (χ0) is 41.4. The summed E-state index contributed by atoms with van der Waals surface area (Å²) in [5.74, 6) is 0. The van der Waals surface area contributed by atoms with Gasteiger partial charge >= 0.3 is 0 Å². The van der Waals surface area contributed by atoms with Crippen molar-refractivity contribution >= 4 is 77.5 Å². The van der Waals surface area contributed by atoms with E-state index in [1.54, 1.807) is 0 Å². The van der Waals surface area contributed by atoms with Crippen LogP contribution in [-0.4, -0.2) is 4.57 Å². The number of nitrogens with zero attached hydrogens (tertiary/aromatic N) is 3. The largest absolute Gasteiger partial charge is 0.310 e. The van der Waals surface area contributed by atoms with E-state index in [9.17, 15) is 0 Å². The van der Waals surface area contributed by atoms with E-state index in [2.05, 4.69) is 253 Å². The minimum absolute atomic E-state index is 0.204. The topological polar surface area (TPSA) is 11.4 Å². The lowest BCUT2D eigenvalue weighted by atomic mass is 9.81. The molecule has 1 heterocycles. The number of hydrogen-bond acceptors (Lipinski definition) is 2. The van der Waals surface area contributed by atoms with Gasteiger partial charge in [0.15, 0.2) is 0 Å². The fourth-order valence-electron chi connectivity index (χ4n) is 10.2. The van der Waals surface area contributed by atoms with Crippen LogP contribution in [0.4, 0.5) is 34.1 Å². The summed E-state index contributed by atoms with van der Waals surface area (Å²) in [6.07, 6.45) is 0. The van der Waals surface area contributed by atoms with Crippen molar-refractivity contribution < 1.29 is 0 Å².